The Morgan fingerprint density at radius 2 is 1.73 bits per heavy atom. The average molecular weight is 672 g/mol. The summed E-state index contributed by atoms with van der Waals surface area (Å²) in [6.07, 6.45) is 3.18. The third-order valence-corrected chi connectivity index (χ3v) is 10.1. The van der Waals surface area contributed by atoms with Crippen LogP contribution in [0.5, 0.6) is 5.75 Å². The average Bonchev–Trinajstić information content (AvgIpc) is 3.93. The summed E-state index contributed by atoms with van der Waals surface area (Å²) >= 11 is 0. The molecule has 0 aromatic heterocycles. The Morgan fingerprint density at radius 3 is 2.25 bits per heavy atom. The van der Waals surface area contributed by atoms with Gasteiger partial charge in [-0.2, -0.15) is 0 Å². The fourth-order valence-corrected chi connectivity index (χ4v) is 6.23. The molecule has 48 heavy (non-hydrogen) atoms. The number of Topliss-reactive ketones (excluding diaryl/α,β-unsaturated/α-hetero) is 1. The lowest BCUT2D eigenvalue weighted by Gasteiger charge is -2.42. The quantitative estimate of drug-likeness (QED) is 0.189. The van der Waals surface area contributed by atoms with E-state index in [1.54, 1.807) is 32.8 Å². The van der Waals surface area contributed by atoms with E-state index in [0.717, 1.165) is 42.5 Å². The van der Waals surface area contributed by atoms with Crippen LogP contribution in [-0.2, 0) is 23.8 Å². The fraction of sp³-hybridized carbons (Fsp3) is 0.763. The van der Waals surface area contributed by atoms with Crippen LogP contribution >= 0.6 is 0 Å². The first-order valence-electron chi connectivity index (χ1n) is 17.9. The van der Waals surface area contributed by atoms with E-state index in [0.29, 0.717) is 57.6 Å². The second-order valence-corrected chi connectivity index (χ2v) is 16.4. The molecule has 5 rings (SSSR count). The van der Waals surface area contributed by atoms with Crippen molar-refractivity contribution in [3.8, 4) is 5.75 Å². The SMILES string of the molecule is CC(C)C(C)C.COCCCN1C(=O)C(C)(C)Oc2ccc(N(CC3([C@@H]4C[C@H](C(C)=O)CN(C(=O)OC(C)(C)C)C4)CO3)C3CC3)cc21. The van der Waals surface area contributed by atoms with Gasteiger partial charge in [0.2, 0.25) is 0 Å². The van der Waals surface area contributed by atoms with Crippen LogP contribution in [0, 0.1) is 23.7 Å². The van der Waals surface area contributed by atoms with Crippen LogP contribution in [-0.4, -0.2) is 92.0 Å². The molecule has 3 heterocycles. The molecule has 270 valence electrons. The van der Waals surface area contributed by atoms with Crippen molar-refractivity contribution in [3.63, 3.8) is 0 Å². The van der Waals surface area contributed by atoms with Gasteiger partial charge < -0.3 is 33.6 Å². The summed E-state index contributed by atoms with van der Waals surface area (Å²) in [5.74, 6) is 2.17. The third kappa shape index (κ3) is 9.43. The van der Waals surface area contributed by atoms with E-state index in [9.17, 15) is 14.4 Å². The van der Waals surface area contributed by atoms with E-state index in [1.165, 1.54) is 0 Å². The fourth-order valence-electron chi connectivity index (χ4n) is 6.23. The van der Waals surface area contributed by atoms with Gasteiger partial charge >= 0.3 is 6.09 Å². The first-order valence-corrected chi connectivity index (χ1v) is 17.9. The van der Waals surface area contributed by atoms with Gasteiger partial charge in [-0.1, -0.05) is 27.7 Å². The molecule has 2 amide bonds. The van der Waals surface area contributed by atoms with Crippen molar-refractivity contribution in [2.75, 3.05) is 56.3 Å². The molecule has 3 atom stereocenters. The zero-order chi connectivity index (χ0) is 35.6. The van der Waals surface area contributed by atoms with Gasteiger partial charge in [-0.05, 0) is 97.3 Å². The second kappa shape index (κ2) is 15.0. The molecule has 0 bridgehead atoms. The zero-order valence-electron chi connectivity index (χ0n) is 31.4. The molecule has 10 nitrogen and oxygen atoms in total. The van der Waals surface area contributed by atoms with Crippen molar-refractivity contribution in [1.29, 1.82) is 0 Å². The molecule has 1 unspecified atom stereocenters. The standard InChI is InChI=1S/C32H47N3O7.C6H14/c1-21(36)22-15-23(18-33(17-22)29(38)42-30(2,3)4)32(20-40-32)19-35(24-9-10-24)25-11-12-27-26(16-25)34(13-8-14-39-7)28(37)31(5,6)41-27;1-5(2)6(3)4/h11-12,16,22-24H,8-10,13-15,17-20H2,1-7H3;5-6H,1-4H3/t22-,23+,32?;/m0./s1. The van der Waals surface area contributed by atoms with Crippen molar-refractivity contribution in [3.05, 3.63) is 18.2 Å². The number of fused-ring (bicyclic) bond motifs is 1. The smallest absolute Gasteiger partial charge is 0.410 e. The molecule has 0 N–H and O–H groups in total. The number of epoxide rings is 1. The highest BCUT2D eigenvalue weighted by molar-refractivity contribution is 6.02. The predicted octanol–water partition coefficient (Wildman–Crippen LogP) is 6.73. The maximum atomic E-state index is 13.4. The number of amides is 2. The van der Waals surface area contributed by atoms with Crippen LogP contribution in [0.25, 0.3) is 0 Å². The molecular formula is C38H61N3O7. The maximum absolute atomic E-state index is 13.4. The summed E-state index contributed by atoms with van der Waals surface area (Å²) in [6.45, 7) is 22.9. The highest BCUT2D eigenvalue weighted by atomic mass is 16.6. The topological polar surface area (TPSA) is 101 Å². The van der Waals surface area contributed by atoms with Crippen LogP contribution in [0.15, 0.2) is 18.2 Å². The number of anilines is 2. The Kier molecular flexibility index (Phi) is 11.8. The summed E-state index contributed by atoms with van der Waals surface area (Å²) in [7, 11) is 1.66. The van der Waals surface area contributed by atoms with Crippen molar-refractivity contribution >= 4 is 29.2 Å². The van der Waals surface area contributed by atoms with E-state index in [-0.39, 0.29) is 29.6 Å². The van der Waals surface area contributed by atoms with E-state index < -0.39 is 16.8 Å². The van der Waals surface area contributed by atoms with Crippen molar-refractivity contribution in [1.82, 2.24) is 4.90 Å². The van der Waals surface area contributed by atoms with Gasteiger partial charge in [0, 0.05) is 63.5 Å². The Hall–Kier alpha value is -2.85. The lowest BCUT2D eigenvalue weighted by Crippen LogP contribution is -2.53. The number of nitrogens with zero attached hydrogens (tertiary/aromatic N) is 3. The molecule has 3 fully saturated rings. The second-order valence-electron chi connectivity index (χ2n) is 16.4. The van der Waals surface area contributed by atoms with E-state index in [4.69, 9.17) is 18.9 Å². The number of rotatable bonds is 11. The number of hydrogen-bond acceptors (Lipinski definition) is 8. The van der Waals surface area contributed by atoms with E-state index in [2.05, 4.69) is 44.7 Å². The lowest BCUT2D eigenvalue weighted by atomic mass is 9.79. The molecule has 1 aliphatic carbocycles. The Bertz CT molecular complexity index is 1290. The number of ketones is 1. The van der Waals surface area contributed by atoms with Crippen molar-refractivity contribution in [2.24, 2.45) is 23.7 Å². The summed E-state index contributed by atoms with van der Waals surface area (Å²) < 4.78 is 23.3. The van der Waals surface area contributed by atoms with E-state index >= 15 is 0 Å². The van der Waals surface area contributed by atoms with Crippen LogP contribution in [0.1, 0.15) is 94.9 Å². The molecule has 1 aromatic carbocycles. The number of hydrogen-bond donors (Lipinski definition) is 0. The molecule has 0 radical (unpaired) electrons. The number of likely N-dealkylation sites (tertiary alicyclic amines) is 1. The number of piperidine rings is 1. The minimum Gasteiger partial charge on any atom is -0.476 e. The molecule has 2 saturated heterocycles. The van der Waals surface area contributed by atoms with Gasteiger partial charge in [-0.15, -0.1) is 0 Å². The largest absolute Gasteiger partial charge is 0.476 e. The number of carbonyl (C=O) groups is 3. The minimum atomic E-state index is -0.947. The lowest BCUT2D eigenvalue weighted by molar-refractivity contribution is -0.132. The number of carbonyl (C=O) groups excluding carboxylic acids is 3. The normalized spacial score (nSPS) is 24.8. The zero-order valence-corrected chi connectivity index (χ0v) is 31.4. The summed E-state index contributed by atoms with van der Waals surface area (Å²) in [5, 5.41) is 0. The Balaban J connectivity index is 0.000000794. The van der Waals surface area contributed by atoms with E-state index in [1.807, 2.05) is 31.7 Å². The maximum Gasteiger partial charge on any atom is 0.410 e. The summed E-state index contributed by atoms with van der Waals surface area (Å²) in [6, 6.07) is 6.47. The number of benzene rings is 1. The first kappa shape index (κ1) is 38.0. The van der Waals surface area contributed by atoms with Crippen molar-refractivity contribution < 1.29 is 33.3 Å². The van der Waals surface area contributed by atoms with Gasteiger partial charge in [0.05, 0.1) is 12.3 Å². The summed E-state index contributed by atoms with van der Waals surface area (Å²) in [5.41, 5.74) is -0.232. The molecule has 1 saturated carbocycles. The summed E-state index contributed by atoms with van der Waals surface area (Å²) in [4.78, 5) is 44.9. The molecule has 4 aliphatic rings. The Labute approximate surface area is 288 Å². The molecule has 1 aromatic rings. The van der Waals surface area contributed by atoms with Gasteiger partial charge in [0.25, 0.3) is 5.91 Å². The predicted molar refractivity (Wildman–Crippen MR) is 189 cm³/mol. The van der Waals surface area contributed by atoms with Crippen LogP contribution in [0.3, 0.4) is 0 Å². The van der Waals surface area contributed by atoms with Crippen LogP contribution in [0.2, 0.25) is 0 Å². The molecule has 3 aliphatic heterocycles. The monoisotopic (exact) mass is 671 g/mol. The van der Waals surface area contributed by atoms with Gasteiger partial charge in [0.15, 0.2) is 5.60 Å². The van der Waals surface area contributed by atoms with Crippen molar-refractivity contribution in [2.45, 2.75) is 118 Å². The molecule has 0 spiro atoms. The number of ether oxygens (including phenoxy) is 4. The number of methoxy groups -OCH3 is 1. The highest BCUT2D eigenvalue weighted by Crippen LogP contribution is 2.47. The minimum absolute atomic E-state index is 0.00259. The first-order chi connectivity index (χ1) is 22.4. The third-order valence-electron chi connectivity index (χ3n) is 10.1. The van der Waals surface area contributed by atoms with Crippen LogP contribution in [0.4, 0.5) is 16.2 Å². The van der Waals surface area contributed by atoms with Gasteiger partial charge in [-0.3, -0.25) is 9.59 Å². The molecular weight excluding hydrogens is 610 g/mol. The van der Waals surface area contributed by atoms with Gasteiger partial charge in [0.1, 0.15) is 22.7 Å². The highest BCUT2D eigenvalue weighted by Gasteiger charge is 2.56. The van der Waals surface area contributed by atoms with Crippen LogP contribution < -0.4 is 14.5 Å². The van der Waals surface area contributed by atoms with Gasteiger partial charge in [-0.25, -0.2) is 4.79 Å². The Morgan fingerprint density at radius 1 is 1.08 bits per heavy atom. The molecule has 10 heteroatoms.